The highest BCUT2D eigenvalue weighted by molar-refractivity contribution is 6.36. The van der Waals surface area contributed by atoms with E-state index in [0.29, 0.717) is 5.02 Å². The standard InChI is InChI=1S/C50H63ClN2/c1-46(2,3)34-16-24-39(25-17-34)52(40-26-18-35(19-27-40)47(4,5)6)43-32-38(50(13,14)15)33-44(45(43)51)53(41-28-20-36(21-29-41)48(7,8)9)42-30-22-37(23-31-42)49(10,11)12/h16-33H,1-15H3. The average molecular weight is 728 g/mol. The van der Waals surface area contributed by atoms with Crippen molar-refractivity contribution in [3.63, 3.8) is 0 Å². The van der Waals surface area contributed by atoms with Crippen LogP contribution in [0.5, 0.6) is 0 Å². The maximum absolute atomic E-state index is 7.85. The Bertz CT molecular complexity index is 1750. The van der Waals surface area contributed by atoms with Gasteiger partial charge in [0.15, 0.2) is 0 Å². The number of hydrogen-bond acceptors (Lipinski definition) is 2. The summed E-state index contributed by atoms with van der Waals surface area (Å²) in [6.45, 7) is 34.0. The molecule has 0 N–H and O–H groups in total. The van der Waals surface area contributed by atoms with Crippen LogP contribution in [0.4, 0.5) is 34.1 Å². The second-order valence-electron chi connectivity index (χ2n) is 19.9. The Kier molecular flexibility index (Phi) is 10.9. The van der Waals surface area contributed by atoms with Crippen LogP contribution < -0.4 is 9.80 Å². The molecule has 5 rings (SSSR count). The number of rotatable bonds is 6. The molecule has 0 aromatic heterocycles. The normalized spacial score (nSPS) is 12.9. The van der Waals surface area contributed by atoms with Crippen LogP contribution in [0.1, 0.15) is 132 Å². The van der Waals surface area contributed by atoms with Crippen molar-refractivity contribution in [3.8, 4) is 0 Å². The van der Waals surface area contributed by atoms with Gasteiger partial charge in [-0.25, -0.2) is 0 Å². The molecule has 0 heterocycles. The predicted octanol–water partition coefficient (Wildman–Crippen LogP) is 15.8. The van der Waals surface area contributed by atoms with Crippen molar-refractivity contribution < 1.29 is 0 Å². The summed E-state index contributed by atoms with van der Waals surface area (Å²) < 4.78 is 0. The molecule has 2 nitrogen and oxygen atoms in total. The van der Waals surface area contributed by atoms with Gasteiger partial charge in [-0.2, -0.15) is 0 Å². The maximum Gasteiger partial charge on any atom is 0.0887 e. The van der Waals surface area contributed by atoms with Crippen LogP contribution >= 0.6 is 11.6 Å². The fourth-order valence-electron chi connectivity index (χ4n) is 6.65. The molecule has 0 aliphatic carbocycles. The fraction of sp³-hybridized carbons (Fsp3) is 0.400. The summed E-state index contributed by atoms with van der Waals surface area (Å²) in [4.78, 5) is 4.67. The molecule has 0 unspecified atom stereocenters. The third kappa shape index (κ3) is 9.04. The quantitative estimate of drug-likeness (QED) is 0.172. The van der Waals surface area contributed by atoms with Crippen molar-refractivity contribution in [1.82, 2.24) is 0 Å². The van der Waals surface area contributed by atoms with Crippen molar-refractivity contribution in [1.29, 1.82) is 0 Å². The van der Waals surface area contributed by atoms with Gasteiger partial charge in [-0.05, 0) is 116 Å². The third-order valence-electron chi connectivity index (χ3n) is 10.3. The molecule has 0 spiro atoms. The first kappa shape index (κ1) is 40.2. The van der Waals surface area contributed by atoms with Crippen LogP contribution in [0.2, 0.25) is 5.02 Å². The zero-order valence-corrected chi connectivity index (χ0v) is 35.9. The van der Waals surface area contributed by atoms with Gasteiger partial charge in [0, 0.05) is 22.7 Å². The Balaban J connectivity index is 1.82. The molecule has 0 radical (unpaired) electrons. The van der Waals surface area contributed by atoms with E-state index in [1.165, 1.54) is 27.8 Å². The smallest absolute Gasteiger partial charge is 0.0887 e. The molecule has 0 bridgehead atoms. The molecule has 0 amide bonds. The Labute approximate surface area is 327 Å². The molecule has 280 valence electrons. The van der Waals surface area contributed by atoms with E-state index in [-0.39, 0.29) is 27.1 Å². The van der Waals surface area contributed by atoms with E-state index in [0.717, 1.165) is 34.1 Å². The molecule has 0 saturated carbocycles. The maximum atomic E-state index is 7.85. The average Bonchev–Trinajstić information content (AvgIpc) is 3.05. The molecule has 0 aliphatic rings. The van der Waals surface area contributed by atoms with E-state index >= 15 is 0 Å². The summed E-state index contributed by atoms with van der Waals surface area (Å²) in [6.07, 6.45) is 0. The topological polar surface area (TPSA) is 6.48 Å². The Morgan fingerprint density at radius 2 is 0.491 bits per heavy atom. The van der Waals surface area contributed by atoms with E-state index in [4.69, 9.17) is 11.6 Å². The molecule has 5 aromatic carbocycles. The Morgan fingerprint density at radius 1 is 0.302 bits per heavy atom. The number of halogens is 1. The molecular formula is C50H63ClN2. The Hall–Kier alpha value is -4.01. The van der Waals surface area contributed by atoms with Gasteiger partial charge < -0.3 is 9.80 Å². The number of hydrogen-bond donors (Lipinski definition) is 0. The van der Waals surface area contributed by atoms with Crippen molar-refractivity contribution in [2.24, 2.45) is 0 Å². The number of nitrogens with zero attached hydrogens (tertiary/aromatic N) is 2. The monoisotopic (exact) mass is 726 g/mol. The van der Waals surface area contributed by atoms with E-state index in [9.17, 15) is 0 Å². The molecule has 3 heteroatoms. The summed E-state index contributed by atoms with van der Waals surface area (Å²) >= 11 is 7.85. The largest absolute Gasteiger partial charge is 0.309 e. The van der Waals surface area contributed by atoms with Gasteiger partial charge in [0.1, 0.15) is 0 Å². The molecule has 5 aromatic rings. The summed E-state index contributed by atoms with van der Waals surface area (Å²) in [5, 5.41) is 0.692. The third-order valence-corrected chi connectivity index (χ3v) is 10.7. The van der Waals surface area contributed by atoms with Gasteiger partial charge >= 0.3 is 0 Å². The van der Waals surface area contributed by atoms with Crippen LogP contribution in [0.15, 0.2) is 109 Å². The summed E-state index contributed by atoms with van der Waals surface area (Å²) in [5.74, 6) is 0. The molecule has 0 saturated heterocycles. The lowest BCUT2D eigenvalue weighted by molar-refractivity contribution is 0.589. The van der Waals surface area contributed by atoms with Gasteiger partial charge in [0.25, 0.3) is 0 Å². The zero-order valence-electron chi connectivity index (χ0n) is 35.2. The molecule has 0 aliphatic heterocycles. The van der Waals surface area contributed by atoms with E-state index < -0.39 is 0 Å². The highest BCUT2D eigenvalue weighted by Crippen LogP contribution is 2.49. The van der Waals surface area contributed by atoms with Crippen LogP contribution in [-0.2, 0) is 27.1 Å². The summed E-state index contributed by atoms with van der Waals surface area (Å²) in [6, 6.07) is 40.6. The lowest BCUT2D eigenvalue weighted by Crippen LogP contribution is -2.19. The SMILES string of the molecule is CC(C)(C)c1ccc(N(c2ccc(C(C)(C)C)cc2)c2cc(C(C)(C)C)cc(N(c3ccc(C(C)(C)C)cc3)c3ccc(C(C)(C)C)cc3)c2Cl)cc1. The zero-order chi connectivity index (χ0) is 39.3. The molecular weight excluding hydrogens is 664 g/mol. The summed E-state index contributed by atoms with van der Waals surface area (Å²) in [7, 11) is 0. The minimum Gasteiger partial charge on any atom is -0.309 e. The minimum atomic E-state index is -0.149. The predicted molar refractivity (Wildman–Crippen MR) is 234 cm³/mol. The first-order valence-corrected chi connectivity index (χ1v) is 19.6. The van der Waals surface area contributed by atoms with Crippen LogP contribution in [-0.4, -0.2) is 0 Å². The molecule has 0 fully saturated rings. The second kappa shape index (κ2) is 14.3. The van der Waals surface area contributed by atoms with E-state index in [2.05, 4.69) is 223 Å². The first-order valence-electron chi connectivity index (χ1n) is 19.2. The minimum absolute atomic E-state index is 0.0419. The van der Waals surface area contributed by atoms with Crippen molar-refractivity contribution in [2.75, 3.05) is 9.80 Å². The highest BCUT2D eigenvalue weighted by Gasteiger charge is 2.28. The number of anilines is 6. The van der Waals surface area contributed by atoms with Crippen LogP contribution in [0.25, 0.3) is 0 Å². The number of benzene rings is 5. The second-order valence-corrected chi connectivity index (χ2v) is 20.3. The van der Waals surface area contributed by atoms with E-state index in [1.54, 1.807) is 0 Å². The van der Waals surface area contributed by atoms with Crippen molar-refractivity contribution in [3.05, 3.63) is 142 Å². The first-order chi connectivity index (χ1) is 24.4. The Morgan fingerprint density at radius 3 is 0.660 bits per heavy atom. The highest BCUT2D eigenvalue weighted by atomic mass is 35.5. The summed E-state index contributed by atoms with van der Waals surface area (Å²) in [5.41, 5.74) is 12.6. The van der Waals surface area contributed by atoms with Gasteiger partial charge in [0.2, 0.25) is 0 Å². The van der Waals surface area contributed by atoms with Crippen LogP contribution in [0, 0.1) is 0 Å². The lowest BCUT2D eigenvalue weighted by Gasteiger charge is -2.34. The lowest BCUT2D eigenvalue weighted by atomic mass is 9.85. The van der Waals surface area contributed by atoms with E-state index in [1.807, 2.05) is 0 Å². The van der Waals surface area contributed by atoms with Crippen molar-refractivity contribution >= 4 is 45.7 Å². The van der Waals surface area contributed by atoms with Crippen LogP contribution in [0.3, 0.4) is 0 Å². The molecule has 53 heavy (non-hydrogen) atoms. The van der Waals surface area contributed by atoms with Gasteiger partial charge in [0.05, 0.1) is 16.4 Å². The fourth-order valence-corrected chi connectivity index (χ4v) is 6.93. The van der Waals surface area contributed by atoms with Crippen molar-refractivity contribution in [2.45, 2.75) is 131 Å². The molecule has 0 atom stereocenters. The van der Waals surface area contributed by atoms with Gasteiger partial charge in [-0.1, -0.05) is 164 Å². The van der Waals surface area contributed by atoms with Gasteiger partial charge in [-0.15, -0.1) is 0 Å². The van der Waals surface area contributed by atoms with Gasteiger partial charge in [-0.3, -0.25) is 0 Å².